The molecule has 1 atom stereocenters. The summed E-state index contributed by atoms with van der Waals surface area (Å²) in [5, 5.41) is 8.09. The number of aromatic nitrogens is 2. The van der Waals surface area contributed by atoms with Crippen molar-refractivity contribution in [2.75, 3.05) is 0 Å². The predicted octanol–water partition coefficient (Wildman–Crippen LogP) is 4.61. The van der Waals surface area contributed by atoms with E-state index >= 15 is 0 Å². The first-order valence-electron chi connectivity index (χ1n) is 8.75. The average Bonchev–Trinajstić information content (AvgIpc) is 2.90. The lowest BCUT2D eigenvalue weighted by atomic mass is 9.98. The molecule has 1 N–H and O–H groups in total. The maximum atomic E-state index is 12.6. The highest BCUT2D eigenvalue weighted by atomic mass is 35.5. The van der Waals surface area contributed by atoms with Gasteiger partial charge in [-0.05, 0) is 43.2 Å². The number of nitrogens with zero attached hydrogens (tertiary/aromatic N) is 2. The van der Waals surface area contributed by atoms with Crippen LogP contribution in [0.3, 0.4) is 0 Å². The molecule has 0 bridgehead atoms. The maximum absolute atomic E-state index is 12.6. The lowest BCUT2D eigenvalue weighted by molar-refractivity contribution is -0.116. The topological polar surface area (TPSA) is 46.9 Å². The van der Waals surface area contributed by atoms with Gasteiger partial charge in [0.15, 0.2) is 0 Å². The third-order valence-corrected chi connectivity index (χ3v) is 4.80. The van der Waals surface area contributed by atoms with Gasteiger partial charge >= 0.3 is 0 Å². The smallest absolute Gasteiger partial charge is 0.244 e. The molecule has 2 aromatic carbocycles. The number of aryl methyl sites for hydroxylation is 2. The van der Waals surface area contributed by atoms with Crippen LogP contribution in [0.1, 0.15) is 34.1 Å². The third-order valence-electron chi connectivity index (χ3n) is 4.57. The minimum Gasteiger partial charge on any atom is -0.342 e. The Morgan fingerprint density at radius 2 is 1.81 bits per heavy atom. The predicted molar refractivity (Wildman–Crippen MR) is 110 cm³/mol. The van der Waals surface area contributed by atoms with Crippen LogP contribution in [0.25, 0.3) is 6.08 Å². The second-order valence-corrected chi connectivity index (χ2v) is 6.89. The Bertz CT molecular complexity index is 976. The van der Waals surface area contributed by atoms with E-state index in [1.54, 1.807) is 6.08 Å². The lowest BCUT2D eigenvalue weighted by Crippen LogP contribution is -2.27. The number of hydrogen-bond acceptors (Lipinski definition) is 2. The number of carbonyl (C=O) groups is 1. The highest BCUT2D eigenvalue weighted by Crippen LogP contribution is 2.24. The van der Waals surface area contributed by atoms with E-state index in [0.29, 0.717) is 5.02 Å². The molecule has 0 aliphatic carbocycles. The van der Waals surface area contributed by atoms with Gasteiger partial charge in [-0.1, -0.05) is 54.1 Å². The maximum Gasteiger partial charge on any atom is 0.244 e. The Morgan fingerprint density at radius 1 is 1.11 bits per heavy atom. The molecule has 5 heteroatoms. The van der Waals surface area contributed by atoms with Gasteiger partial charge in [0, 0.05) is 29.4 Å². The number of hydrogen-bond donors (Lipinski definition) is 1. The number of halogens is 1. The van der Waals surface area contributed by atoms with Gasteiger partial charge in [0.25, 0.3) is 0 Å². The summed E-state index contributed by atoms with van der Waals surface area (Å²) in [6.45, 7) is 3.92. The SMILES string of the molecule is Cc1nn(C)c(C)c1C=CC(=O)NC(c1ccccc1)c1cccc(Cl)c1. The Hall–Kier alpha value is -2.85. The van der Waals surface area contributed by atoms with Gasteiger partial charge in [-0.15, -0.1) is 0 Å². The van der Waals surface area contributed by atoms with Crippen LogP contribution in [0.5, 0.6) is 0 Å². The van der Waals surface area contributed by atoms with Crippen molar-refractivity contribution in [3.8, 4) is 0 Å². The zero-order chi connectivity index (χ0) is 19.4. The molecule has 0 fully saturated rings. The normalized spacial score (nSPS) is 12.3. The van der Waals surface area contributed by atoms with E-state index in [0.717, 1.165) is 28.1 Å². The number of rotatable bonds is 5. The molecular weight excluding hydrogens is 358 g/mol. The van der Waals surface area contributed by atoms with E-state index in [4.69, 9.17) is 11.6 Å². The summed E-state index contributed by atoms with van der Waals surface area (Å²) in [5.74, 6) is -0.175. The van der Waals surface area contributed by atoms with Crippen LogP contribution in [0.15, 0.2) is 60.7 Å². The summed E-state index contributed by atoms with van der Waals surface area (Å²) < 4.78 is 1.81. The molecule has 0 aliphatic rings. The fourth-order valence-corrected chi connectivity index (χ4v) is 3.27. The highest BCUT2D eigenvalue weighted by Gasteiger charge is 2.16. The van der Waals surface area contributed by atoms with E-state index in [-0.39, 0.29) is 11.9 Å². The van der Waals surface area contributed by atoms with E-state index < -0.39 is 0 Å². The van der Waals surface area contributed by atoms with E-state index in [2.05, 4.69) is 10.4 Å². The zero-order valence-electron chi connectivity index (χ0n) is 15.6. The Morgan fingerprint density at radius 3 is 2.44 bits per heavy atom. The number of carbonyl (C=O) groups excluding carboxylic acids is 1. The lowest BCUT2D eigenvalue weighted by Gasteiger charge is -2.19. The highest BCUT2D eigenvalue weighted by molar-refractivity contribution is 6.30. The van der Waals surface area contributed by atoms with Gasteiger partial charge in [-0.3, -0.25) is 9.48 Å². The van der Waals surface area contributed by atoms with Crippen molar-refractivity contribution < 1.29 is 4.79 Å². The molecule has 4 nitrogen and oxygen atoms in total. The van der Waals surface area contributed by atoms with Crippen LogP contribution in [0.2, 0.25) is 5.02 Å². The third kappa shape index (κ3) is 4.47. The molecule has 1 amide bonds. The average molecular weight is 380 g/mol. The quantitative estimate of drug-likeness (QED) is 0.658. The van der Waals surface area contributed by atoms with Crippen molar-refractivity contribution in [3.05, 3.63) is 93.8 Å². The molecule has 0 saturated heterocycles. The monoisotopic (exact) mass is 379 g/mol. The summed E-state index contributed by atoms with van der Waals surface area (Å²) in [6, 6.07) is 17.1. The van der Waals surface area contributed by atoms with Gasteiger partial charge in [0.2, 0.25) is 5.91 Å². The van der Waals surface area contributed by atoms with Crippen LogP contribution < -0.4 is 5.32 Å². The van der Waals surface area contributed by atoms with Gasteiger partial charge in [-0.25, -0.2) is 0 Å². The molecule has 0 aliphatic heterocycles. The number of benzene rings is 2. The van der Waals surface area contributed by atoms with E-state index in [1.165, 1.54) is 0 Å². The number of nitrogens with one attached hydrogen (secondary N) is 1. The summed E-state index contributed by atoms with van der Waals surface area (Å²) >= 11 is 6.16. The second-order valence-electron chi connectivity index (χ2n) is 6.45. The van der Waals surface area contributed by atoms with Crippen molar-refractivity contribution >= 4 is 23.6 Å². The minimum absolute atomic E-state index is 0.175. The molecule has 27 heavy (non-hydrogen) atoms. The first-order chi connectivity index (χ1) is 13.0. The van der Waals surface area contributed by atoms with Gasteiger partial charge in [-0.2, -0.15) is 5.10 Å². The standard InChI is InChI=1S/C22H22ClN3O/c1-15-20(16(2)26(3)25-15)12-13-21(27)24-22(17-8-5-4-6-9-17)18-10-7-11-19(23)14-18/h4-14,22H,1-3H3,(H,24,27). The Balaban J connectivity index is 1.86. The van der Waals surface area contributed by atoms with Crippen LogP contribution in [0.4, 0.5) is 0 Å². The molecule has 3 rings (SSSR count). The van der Waals surface area contributed by atoms with Crippen molar-refractivity contribution in [2.45, 2.75) is 19.9 Å². The van der Waals surface area contributed by atoms with Crippen molar-refractivity contribution in [1.29, 1.82) is 0 Å². The molecule has 1 heterocycles. The van der Waals surface area contributed by atoms with Gasteiger partial charge in [0.1, 0.15) is 0 Å². The molecule has 138 valence electrons. The second kappa shape index (κ2) is 8.23. The van der Waals surface area contributed by atoms with E-state index in [1.807, 2.05) is 86.3 Å². The van der Waals surface area contributed by atoms with Crippen molar-refractivity contribution in [3.63, 3.8) is 0 Å². The fraction of sp³-hybridized carbons (Fsp3) is 0.182. The minimum atomic E-state index is -0.279. The molecule has 0 radical (unpaired) electrons. The van der Waals surface area contributed by atoms with Crippen LogP contribution in [0, 0.1) is 13.8 Å². The first-order valence-corrected chi connectivity index (χ1v) is 9.12. The molecule has 0 saturated carbocycles. The molecule has 1 unspecified atom stereocenters. The van der Waals surface area contributed by atoms with Crippen molar-refractivity contribution in [2.24, 2.45) is 7.05 Å². The largest absolute Gasteiger partial charge is 0.342 e. The molecular formula is C22H22ClN3O. The molecule has 0 spiro atoms. The van der Waals surface area contributed by atoms with Crippen LogP contribution >= 0.6 is 11.6 Å². The summed E-state index contributed by atoms with van der Waals surface area (Å²) in [7, 11) is 1.89. The number of amides is 1. The Kier molecular flexibility index (Phi) is 5.77. The molecule has 3 aromatic rings. The van der Waals surface area contributed by atoms with E-state index in [9.17, 15) is 4.79 Å². The first kappa shape index (κ1) is 18.9. The van der Waals surface area contributed by atoms with Crippen LogP contribution in [-0.2, 0) is 11.8 Å². The summed E-state index contributed by atoms with van der Waals surface area (Å²) in [6.07, 6.45) is 3.37. The summed E-state index contributed by atoms with van der Waals surface area (Å²) in [5.41, 5.74) is 4.81. The van der Waals surface area contributed by atoms with Crippen molar-refractivity contribution in [1.82, 2.24) is 15.1 Å². The Labute approximate surface area is 164 Å². The zero-order valence-corrected chi connectivity index (χ0v) is 16.4. The van der Waals surface area contributed by atoms with Crippen LogP contribution in [-0.4, -0.2) is 15.7 Å². The van der Waals surface area contributed by atoms with Gasteiger partial charge < -0.3 is 5.32 Å². The molecule has 1 aromatic heterocycles. The summed E-state index contributed by atoms with van der Waals surface area (Å²) in [4.78, 5) is 12.6. The van der Waals surface area contributed by atoms with Gasteiger partial charge in [0.05, 0.1) is 11.7 Å². The fourth-order valence-electron chi connectivity index (χ4n) is 3.07.